The molecular weight excluding hydrogens is 214 g/mol. The Morgan fingerprint density at radius 1 is 1.24 bits per heavy atom. The SMILES string of the molecule is Cc1cc(C)c(CNC(=O)C(C)(C)O)c(C)c1. The molecule has 0 saturated heterocycles. The van der Waals surface area contributed by atoms with Gasteiger partial charge in [-0.3, -0.25) is 4.79 Å². The van der Waals surface area contributed by atoms with Crippen LogP contribution in [-0.2, 0) is 11.3 Å². The van der Waals surface area contributed by atoms with Crippen LogP contribution in [0.1, 0.15) is 36.1 Å². The van der Waals surface area contributed by atoms with Crippen molar-refractivity contribution in [1.82, 2.24) is 5.32 Å². The lowest BCUT2D eigenvalue weighted by atomic mass is 9.99. The fourth-order valence-corrected chi connectivity index (χ4v) is 1.87. The van der Waals surface area contributed by atoms with E-state index in [1.807, 2.05) is 13.8 Å². The van der Waals surface area contributed by atoms with Crippen LogP contribution in [0.2, 0.25) is 0 Å². The Morgan fingerprint density at radius 2 is 1.71 bits per heavy atom. The Bertz CT molecular complexity index is 407. The summed E-state index contributed by atoms with van der Waals surface area (Å²) >= 11 is 0. The van der Waals surface area contributed by atoms with E-state index in [1.165, 1.54) is 30.5 Å². The number of aryl methyl sites for hydroxylation is 3. The molecule has 94 valence electrons. The predicted octanol–water partition coefficient (Wildman–Crippen LogP) is 2.00. The first-order valence-corrected chi connectivity index (χ1v) is 5.79. The van der Waals surface area contributed by atoms with Crippen molar-refractivity contribution >= 4 is 5.91 Å². The summed E-state index contributed by atoms with van der Waals surface area (Å²) in [4.78, 5) is 11.6. The van der Waals surface area contributed by atoms with Crippen molar-refractivity contribution in [3.63, 3.8) is 0 Å². The maximum absolute atomic E-state index is 11.6. The maximum Gasteiger partial charge on any atom is 0.251 e. The third kappa shape index (κ3) is 3.56. The van der Waals surface area contributed by atoms with Gasteiger partial charge in [0, 0.05) is 6.54 Å². The summed E-state index contributed by atoms with van der Waals surface area (Å²) in [5.74, 6) is -0.350. The Hall–Kier alpha value is -1.35. The highest BCUT2D eigenvalue weighted by Gasteiger charge is 2.23. The van der Waals surface area contributed by atoms with Crippen molar-refractivity contribution in [2.45, 2.75) is 46.8 Å². The normalized spacial score (nSPS) is 11.4. The highest BCUT2D eigenvalue weighted by atomic mass is 16.3. The van der Waals surface area contributed by atoms with Gasteiger partial charge in [-0.15, -0.1) is 0 Å². The monoisotopic (exact) mass is 235 g/mol. The molecular formula is C14H21NO2. The summed E-state index contributed by atoms with van der Waals surface area (Å²) in [6, 6.07) is 4.19. The smallest absolute Gasteiger partial charge is 0.251 e. The molecule has 0 aromatic heterocycles. The van der Waals surface area contributed by atoms with Gasteiger partial charge in [-0.2, -0.15) is 0 Å². The average Bonchev–Trinajstić information content (AvgIpc) is 2.13. The molecule has 0 aliphatic heterocycles. The van der Waals surface area contributed by atoms with Gasteiger partial charge in [-0.05, 0) is 51.3 Å². The summed E-state index contributed by atoms with van der Waals surface area (Å²) in [6.07, 6.45) is 0. The second kappa shape index (κ2) is 4.88. The fraction of sp³-hybridized carbons (Fsp3) is 0.500. The number of nitrogens with one attached hydrogen (secondary N) is 1. The van der Waals surface area contributed by atoms with Crippen molar-refractivity contribution < 1.29 is 9.90 Å². The van der Waals surface area contributed by atoms with E-state index in [0.29, 0.717) is 6.54 Å². The minimum Gasteiger partial charge on any atom is -0.381 e. The van der Waals surface area contributed by atoms with Crippen LogP contribution in [0.15, 0.2) is 12.1 Å². The molecule has 0 aliphatic carbocycles. The van der Waals surface area contributed by atoms with Crippen molar-refractivity contribution in [3.05, 3.63) is 34.4 Å². The van der Waals surface area contributed by atoms with Crippen molar-refractivity contribution in [2.75, 3.05) is 0 Å². The van der Waals surface area contributed by atoms with E-state index in [2.05, 4.69) is 24.4 Å². The Balaban J connectivity index is 2.80. The lowest BCUT2D eigenvalue weighted by Crippen LogP contribution is -2.41. The highest BCUT2D eigenvalue weighted by Crippen LogP contribution is 2.16. The number of amides is 1. The number of carbonyl (C=O) groups excluding carboxylic acids is 1. The van der Waals surface area contributed by atoms with E-state index >= 15 is 0 Å². The minimum absolute atomic E-state index is 0.350. The van der Waals surface area contributed by atoms with Crippen LogP contribution in [0.5, 0.6) is 0 Å². The molecule has 2 N–H and O–H groups in total. The first kappa shape index (κ1) is 13.7. The van der Waals surface area contributed by atoms with Gasteiger partial charge < -0.3 is 10.4 Å². The van der Waals surface area contributed by atoms with E-state index in [4.69, 9.17) is 0 Å². The average molecular weight is 235 g/mol. The van der Waals surface area contributed by atoms with Gasteiger partial charge in [0.05, 0.1) is 0 Å². The summed E-state index contributed by atoms with van der Waals surface area (Å²) in [5.41, 5.74) is 3.34. The number of benzene rings is 1. The molecule has 17 heavy (non-hydrogen) atoms. The van der Waals surface area contributed by atoms with Crippen LogP contribution >= 0.6 is 0 Å². The molecule has 0 atom stereocenters. The van der Waals surface area contributed by atoms with Gasteiger partial charge in [-0.25, -0.2) is 0 Å². The number of hydrogen-bond donors (Lipinski definition) is 2. The van der Waals surface area contributed by atoms with Crippen LogP contribution in [0.4, 0.5) is 0 Å². The summed E-state index contributed by atoms with van der Waals surface area (Å²) in [5, 5.41) is 12.3. The van der Waals surface area contributed by atoms with Crippen LogP contribution in [-0.4, -0.2) is 16.6 Å². The zero-order chi connectivity index (χ0) is 13.2. The Morgan fingerprint density at radius 3 is 2.12 bits per heavy atom. The van der Waals surface area contributed by atoms with Gasteiger partial charge in [-0.1, -0.05) is 17.7 Å². The second-order valence-corrected chi connectivity index (χ2v) is 5.12. The Labute approximate surface area is 103 Å². The highest BCUT2D eigenvalue weighted by molar-refractivity contribution is 5.83. The van der Waals surface area contributed by atoms with Crippen molar-refractivity contribution in [1.29, 1.82) is 0 Å². The van der Waals surface area contributed by atoms with E-state index in [9.17, 15) is 9.90 Å². The predicted molar refractivity (Wildman–Crippen MR) is 68.8 cm³/mol. The van der Waals surface area contributed by atoms with E-state index < -0.39 is 5.60 Å². The largest absolute Gasteiger partial charge is 0.381 e. The quantitative estimate of drug-likeness (QED) is 0.842. The molecule has 1 amide bonds. The molecule has 3 nitrogen and oxygen atoms in total. The van der Waals surface area contributed by atoms with Crippen molar-refractivity contribution in [2.24, 2.45) is 0 Å². The minimum atomic E-state index is -1.33. The van der Waals surface area contributed by atoms with E-state index in [1.54, 1.807) is 0 Å². The summed E-state index contributed by atoms with van der Waals surface area (Å²) < 4.78 is 0. The molecule has 0 bridgehead atoms. The van der Waals surface area contributed by atoms with Crippen LogP contribution < -0.4 is 5.32 Å². The molecule has 3 heteroatoms. The first-order valence-electron chi connectivity index (χ1n) is 5.79. The van der Waals surface area contributed by atoms with Crippen LogP contribution in [0.3, 0.4) is 0 Å². The molecule has 0 heterocycles. The number of carbonyl (C=O) groups is 1. The number of hydrogen-bond acceptors (Lipinski definition) is 2. The van der Waals surface area contributed by atoms with Crippen LogP contribution in [0, 0.1) is 20.8 Å². The number of rotatable bonds is 3. The summed E-state index contributed by atoms with van der Waals surface area (Å²) in [6.45, 7) is 9.55. The van der Waals surface area contributed by atoms with Gasteiger partial charge in [0.25, 0.3) is 5.91 Å². The van der Waals surface area contributed by atoms with Gasteiger partial charge >= 0.3 is 0 Å². The molecule has 0 aliphatic rings. The van der Waals surface area contributed by atoms with E-state index in [-0.39, 0.29) is 5.91 Å². The third-order valence-corrected chi connectivity index (χ3v) is 2.82. The second-order valence-electron chi connectivity index (χ2n) is 5.12. The zero-order valence-corrected chi connectivity index (χ0v) is 11.2. The first-order chi connectivity index (χ1) is 7.71. The molecule has 1 aromatic rings. The van der Waals surface area contributed by atoms with Crippen LogP contribution in [0.25, 0.3) is 0 Å². The maximum atomic E-state index is 11.6. The van der Waals surface area contributed by atoms with Crippen molar-refractivity contribution in [3.8, 4) is 0 Å². The van der Waals surface area contributed by atoms with E-state index in [0.717, 1.165) is 5.56 Å². The standard InChI is InChI=1S/C14H21NO2/c1-9-6-10(2)12(11(3)7-9)8-15-13(16)14(4,5)17/h6-7,17H,8H2,1-5H3,(H,15,16). The lowest BCUT2D eigenvalue weighted by molar-refractivity contribution is -0.136. The molecule has 0 spiro atoms. The molecule has 0 fully saturated rings. The zero-order valence-electron chi connectivity index (χ0n) is 11.2. The third-order valence-electron chi connectivity index (χ3n) is 2.82. The lowest BCUT2D eigenvalue weighted by Gasteiger charge is -2.18. The molecule has 1 aromatic carbocycles. The molecule has 0 unspecified atom stereocenters. The Kier molecular flexibility index (Phi) is 3.94. The molecule has 1 rings (SSSR count). The summed E-state index contributed by atoms with van der Waals surface area (Å²) in [7, 11) is 0. The van der Waals surface area contributed by atoms with Gasteiger partial charge in [0.15, 0.2) is 0 Å². The number of aliphatic hydroxyl groups is 1. The van der Waals surface area contributed by atoms with Gasteiger partial charge in [0.2, 0.25) is 0 Å². The molecule has 0 saturated carbocycles. The van der Waals surface area contributed by atoms with Gasteiger partial charge in [0.1, 0.15) is 5.60 Å². The molecule has 0 radical (unpaired) electrons. The fourth-order valence-electron chi connectivity index (χ4n) is 1.87. The topological polar surface area (TPSA) is 49.3 Å².